The minimum Gasteiger partial charge on any atom is -0.398 e. The third-order valence-corrected chi connectivity index (χ3v) is 3.60. The maximum Gasteiger partial charge on any atom is 0.267 e. The van der Waals surface area contributed by atoms with E-state index in [2.05, 4.69) is 17.0 Å². The van der Waals surface area contributed by atoms with Crippen molar-refractivity contribution >= 4 is 11.6 Å². The number of nitrogens with zero attached hydrogens (tertiary/aromatic N) is 1. The van der Waals surface area contributed by atoms with Crippen molar-refractivity contribution in [3.05, 3.63) is 41.7 Å². The molecule has 1 amide bonds. The number of H-pyrrole nitrogens is 1. The van der Waals surface area contributed by atoms with Crippen molar-refractivity contribution in [1.82, 2.24) is 15.4 Å². The highest BCUT2D eigenvalue weighted by atomic mass is 16.2. The lowest BCUT2D eigenvalue weighted by Crippen LogP contribution is -2.45. The molecule has 0 bridgehead atoms. The largest absolute Gasteiger partial charge is 0.398 e. The molecule has 1 aromatic rings. The Bertz CT molecular complexity index is 524. The summed E-state index contributed by atoms with van der Waals surface area (Å²) in [5.41, 5.74) is 11.7. The van der Waals surface area contributed by atoms with Crippen molar-refractivity contribution in [1.29, 1.82) is 0 Å². The van der Waals surface area contributed by atoms with Crippen LogP contribution in [0.25, 0.3) is 5.70 Å². The van der Waals surface area contributed by atoms with Gasteiger partial charge in [-0.1, -0.05) is 19.1 Å². The smallest absolute Gasteiger partial charge is 0.267 e. The number of nitrogens with one attached hydrogen (secondary N) is 2. The number of amides is 1. The van der Waals surface area contributed by atoms with Crippen LogP contribution in [0.3, 0.4) is 0 Å². The van der Waals surface area contributed by atoms with Crippen LogP contribution in [-0.4, -0.2) is 29.0 Å². The molecule has 2 heterocycles. The first-order valence-corrected chi connectivity index (χ1v) is 6.96. The zero-order valence-corrected chi connectivity index (χ0v) is 11.9. The first kappa shape index (κ1) is 14.4. The van der Waals surface area contributed by atoms with E-state index in [9.17, 15) is 4.79 Å². The van der Waals surface area contributed by atoms with Gasteiger partial charge in [0.05, 0.1) is 11.3 Å². The van der Waals surface area contributed by atoms with Crippen LogP contribution in [-0.2, 0) is 4.79 Å². The van der Waals surface area contributed by atoms with Gasteiger partial charge in [-0.3, -0.25) is 10.2 Å². The fourth-order valence-electron chi connectivity index (χ4n) is 2.42. The van der Waals surface area contributed by atoms with E-state index in [4.69, 9.17) is 5.73 Å². The highest BCUT2D eigenvalue weighted by molar-refractivity contribution is 6.03. The summed E-state index contributed by atoms with van der Waals surface area (Å²) in [6.07, 6.45) is 6.77. The summed E-state index contributed by atoms with van der Waals surface area (Å²) in [4.78, 5) is 15.4. The predicted molar refractivity (Wildman–Crippen MR) is 80.4 cm³/mol. The maximum absolute atomic E-state index is 12.3. The number of aromatic nitrogens is 1. The van der Waals surface area contributed by atoms with Gasteiger partial charge in [0.2, 0.25) is 0 Å². The number of carbonyl (C=O) groups is 1. The fraction of sp³-hybridized carbons (Fsp3) is 0.400. The number of carbonyl (C=O) groups excluding carboxylic acids is 1. The highest BCUT2D eigenvalue weighted by Crippen LogP contribution is 2.18. The zero-order chi connectivity index (χ0) is 14.5. The van der Waals surface area contributed by atoms with Crippen molar-refractivity contribution in [3.8, 4) is 0 Å². The lowest BCUT2D eigenvalue weighted by molar-refractivity contribution is -0.122. The normalized spacial score (nSPS) is 17.4. The van der Waals surface area contributed by atoms with Gasteiger partial charge in [0.1, 0.15) is 0 Å². The number of aryl methyl sites for hydroxylation is 1. The van der Waals surface area contributed by atoms with Crippen molar-refractivity contribution < 1.29 is 4.79 Å². The van der Waals surface area contributed by atoms with Crippen LogP contribution in [0.5, 0.6) is 0 Å². The maximum atomic E-state index is 12.3. The molecule has 0 atom stereocenters. The van der Waals surface area contributed by atoms with Gasteiger partial charge >= 0.3 is 0 Å². The van der Waals surface area contributed by atoms with Gasteiger partial charge in [0.25, 0.3) is 5.91 Å². The van der Waals surface area contributed by atoms with E-state index in [0.29, 0.717) is 11.3 Å². The average molecular weight is 274 g/mol. The Kier molecular flexibility index (Phi) is 4.63. The summed E-state index contributed by atoms with van der Waals surface area (Å²) < 4.78 is 0. The molecule has 0 saturated carbocycles. The van der Waals surface area contributed by atoms with Crippen LogP contribution >= 0.6 is 0 Å². The number of hydrazine groups is 1. The summed E-state index contributed by atoms with van der Waals surface area (Å²) in [5, 5.41) is 1.95. The molecule has 1 aliphatic heterocycles. The molecule has 0 spiro atoms. The molecule has 0 aliphatic carbocycles. The first-order valence-electron chi connectivity index (χ1n) is 6.96. The highest BCUT2D eigenvalue weighted by Gasteiger charge is 2.17. The van der Waals surface area contributed by atoms with Gasteiger partial charge in [-0.25, -0.2) is 5.01 Å². The van der Waals surface area contributed by atoms with Crippen molar-refractivity contribution in [2.75, 3.05) is 13.1 Å². The topological polar surface area (TPSA) is 74.2 Å². The molecule has 20 heavy (non-hydrogen) atoms. The molecule has 4 N–H and O–H groups in total. The third-order valence-electron chi connectivity index (χ3n) is 3.60. The van der Waals surface area contributed by atoms with Gasteiger partial charge < -0.3 is 10.7 Å². The molecule has 1 saturated heterocycles. The molecule has 5 nitrogen and oxygen atoms in total. The SMILES string of the molecule is C=C/C(C(=O)NN1CCCCC1)=C(/N)c1cc[nH]c1C. The van der Waals surface area contributed by atoms with Crippen LogP contribution < -0.4 is 11.2 Å². The first-order chi connectivity index (χ1) is 9.63. The Labute approximate surface area is 119 Å². The Morgan fingerprint density at radius 2 is 2.15 bits per heavy atom. The Hall–Kier alpha value is -2.01. The monoisotopic (exact) mass is 274 g/mol. The van der Waals surface area contributed by atoms with E-state index in [0.717, 1.165) is 37.2 Å². The summed E-state index contributed by atoms with van der Waals surface area (Å²) in [5.74, 6) is -0.194. The van der Waals surface area contributed by atoms with E-state index < -0.39 is 0 Å². The van der Waals surface area contributed by atoms with Crippen LogP contribution in [0.15, 0.2) is 30.5 Å². The summed E-state index contributed by atoms with van der Waals surface area (Å²) in [6.45, 7) is 7.41. The van der Waals surface area contributed by atoms with E-state index in [1.807, 2.05) is 18.0 Å². The number of piperidine rings is 1. The Balaban J connectivity index is 2.16. The Morgan fingerprint density at radius 3 is 2.70 bits per heavy atom. The van der Waals surface area contributed by atoms with Gasteiger partial charge in [0, 0.05) is 30.5 Å². The number of hydrogen-bond donors (Lipinski definition) is 3. The molecule has 108 valence electrons. The van der Waals surface area contributed by atoms with Crippen LogP contribution in [0.1, 0.15) is 30.5 Å². The van der Waals surface area contributed by atoms with E-state index in [1.165, 1.54) is 12.5 Å². The van der Waals surface area contributed by atoms with E-state index >= 15 is 0 Å². The Morgan fingerprint density at radius 1 is 1.45 bits per heavy atom. The fourth-order valence-corrected chi connectivity index (χ4v) is 2.42. The summed E-state index contributed by atoms with van der Waals surface area (Å²) in [6, 6.07) is 1.86. The molecule has 2 rings (SSSR count). The minimum absolute atomic E-state index is 0.194. The van der Waals surface area contributed by atoms with Gasteiger partial charge in [-0.15, -0.1) is 0 Å². The molecule has 0 aromatic carbocycles. The summed E-state index contributed by atoms with van der Waals surface area (Å²) >= 11 is 0. The second kappa shape index (κ2) is 6.43. The average Bonchev–Trinajstić information content (AvgIpc) is 2.86. The third kappa shape index (κ3) is 3.11. The van der Waals surface area contributed by atoms with Crippen molar-refractivity contribution in [2.45, 2.75) is 26.2 Å². The number of nitrogens with two attached hydrogens (primary N) is 1. The van der Waals surface area contributed by atoms with Crippen molar-refractivity contribution in [2.24, 2.45) is 5.73 Å². The summed E-state index contributed by atoms with van der Waals surface area (Å²) in [7, 11) is 0. The molecular formula is C15H22N4O. The molecule has 0 radical (unpaired) electrons. The second-order valence-corrected chi connectivity index (χ2v) is 5.04. The van der Waals surface area contributed by atoms with Crippen molar-refractivity contribution in [3.63, 3.8) is 0 Å². The van der Waals surface area contributed by atoms with Crippen LogP contribution in [0.2, 0.25) is 0 Å². The molecular weight excluding hydrogens is 252 g/mol. The van der Waals surface area contributed by atoms with Gasteiger partial charge in [-0.05, 0) is 25.8 Å². The number of aromatic amines is 1. The van der Waals surface area contributed by atoms with Gasteiger partial charge in [-0.2, -0.15) is 0 Å². The standard InChI is InChI=1S/C15H22N4O/c1-3-12(14(16)13-7-8-17-11(13)2)15(20)18-19-9-5-4-6-10-19/h3,7-8,17H,1,4-6,9-10,16H2,2H3,(H,18,20)/b14-12-. The quantitative estimate of drug-likeness (QED) is 0.578. The molecule has 5 heteroatoms. The predicted octanol–water partition coefficient (Wildman–Crippen LogP) is 1.70. The number of rotatable bonds is 4. The van der Waals surface area contributed by atoms with Gasteiger partial charge in [0.15, 0.2) is 0 Å². The van der Waals surface area contributed by atoms with E-state index in [-0.39, 0.29) is 5.91 Å². The van der Waals surface area contributed by atoms with Crippen LogP contribution in [0, 0.1) is 6.92 Å². The lowest BCUT2D eigenvalue weighted by atomic mass is 10.1. The van der Waals surface area contributed by atoms with E-state index in [1.54, 1.807) is 6.20 Å². The molecule has 1 aromatic heterocycles. The zero-order valence-electron chi connectivity index (χ0n) is 11.9. The lowest BCUT2D eigenvalue weighted by Gasteiger charge is -2.27. The van der Waals surface area contributed by atoms with Crippen LogP contribution in [0.4, 0.5) is 0 Å². The minimum atomic E-state index is -0.194. The molecule has 1 fully saturated rings. The molecule has 0 unspecified atom stereocenters. The number of hydrogen-bond acceptors (Lipinski definition) is 3. The second-order valence-electron chi connectivity index (χ2n) is 5.04. The molecule has 1 aliphatic rings.